The first-order chi connectivity index (χ1) is 16.8. The van der Waals surface area contributed by atoms with Crippen LogP contribution < -0.4 is 19.6 Å². The van der Waals surface area contributed by atoms with E-state index < -0.39 is 15.9 Å². The van der Waals surface area contributed by atoms with Crippen LogP contribution in [0.1, 0.15) is 37.7 Å². The highest BCUT2D eigenvalue weighted by atomic mass is 35.5. The first-order valence-electron chi connectivity index (χ1n) is 11.2. The van der Waals surface area contributed by atoms with E-state index in [1.807, 2.05) is 0 Å². The van der Waals surface area contributed by atoms with Crippen LogP contribution >= 0.6 is 11.6 Å². The number of rotatable bonds is 10. The fourth-order valence-electron chi connectivity index (χ4n) is 4.10. The zero-order valence-corrected chi connectivity index (χ0v) is 21.6. The molecule has 1 fully saturated rings. The molecule has 1 aliphatic rings. The molecule has 1 aliphatic carbocycles. The van der Waals surface area contributed by atoms with E-state index in [4.69, 9.17) is 25.8 Å². The molecule has 2 aromatic carbocycles. The van der Waals surface area contributed by atoms with Gasteiger partial charge in [0.15, 0.2) is 11.5 Å². The quantitative estimate of drug-likeness (QED) is 0.374. The Balaban J connectivity index is 1.78. The molecule has 0 bridgehead atoms. The van der Waals surface area contributed by atoms with Crippen molar-refractivity contribution in [3.8, 4) is 17.2 Å². The second kappa shape index (κ2) is 12.2. The highest BCUT2D eigenvalue weighted by molar-refractivity contribution is 7.89. The molecule has 0 radical (unpaired) electrons. The molecule has 190 valence electrons. The molecule has 9 nitrogen and oxygen atoms in total. The minimum Gasteiger partial charge on any atom is -0.493 e. The number of nitrogens with zero attached hydrogens (tertiary/aromatic N) is 2. The number of ether oxygens (including phenoxy) is 3. The van der Waals surface area contributed by atoms with Crippen LogP contribution in [0.25, 0.3) is 0 Å². The van der Waals surface area contributed by atoms with Crippen molar-refractivity contribution < 1.29 is 27.4 Å². The zero-order chi connectivity index (χ0) is 25.4. The molecule has 1 amide bonds. The fraction of sp³-hybridized carbons (Fsp3) is 0.417. The van der Waals surface area contributed by atoms with E-state index in [-0.39, 0.29) is 17.5 Å². The van der Waals surface area contributed by atoms with Crippen molar-refractivity contribution in [1.29, 1.82) is 0 Å². The number of carbonyl (C=O) groups excluding carboxylic acids is 1. The number of carbonyl (C=O) groups is 1. The Morgan fingerprint density at radius 1 is 1.03 bits per heavy atom. The molecule has 0 aromatic heterocycles. The molecule has 1 N–H and O–H groups in total. The molecular weight excluding hydrogens is 494 g/mol. The van der Waals surface area contributed by atoms with Crippen LogP contribution in [0.15, 0.2) is 46.4 Å². The lowest BCUT2D eigenvalue weighted by molar-refractivity contribution is -0.121. The van der Waals surface area contributed by atoms with E-state index >= 15 is 0 Å². The predicted octanol–water partition coefficient (Wildman–Crippen LogP) is 3.84. The molecule has 3 rings (SSSR count). The van der Waals surface area contributed by atoms with Gasteiger partial charge in [0.05, 0.1) is 39.0 Å². The van der Waals surface area contributed by atoms with Gasteiger partial charge in [-0.25, -0.2) is 13.8 Å². The summed E-state index contributed by atoms with van der Waals surface area (Å²) in [4.78, 5) is 12.9. The summed E-state index contributed by atoms with van der Waals surface area (Å²) >= 11 is 5.93. The third-order valence-corrected chi connectivity index (χ3v) is 7.99. The number of benzene rings is 2. The lowest BCUT2D eigenvalue weighted by atomic mass is 9.95. The van der Waals surface area contributed by atoms with Crippen LogP contribution in [0.2, 0.25) is 5.02 Å². The average molecular weight is 524 g/mol. The number of sulfonamides is 1. The highest BCUT2D eigenvalue weighted by Gasteiger charge is 2.34. The number of hydrazone groups is 1. The van der Waals surface area contributed by atoms with E-state index in [1.54, 1.807) is 12.1 Å². The second-order valence-corrected chi connectivity index (χ2v) is 10.3. The predicted molar refractivity (Wildman–Crippen MR) is 134 cm³/mol. The van der Waals surface area contributed by atoms with Crippen molar-refractivity contribution in [2.24, 2.45) is 5.10 Å². The standard InChI is InChI=1S/C24H30ClN3O6S/c1-32-21-14-9-17(23(33-2)24(21)34-3)15-26-27-22(29)16-28(19-7-5-4-6-8-19)35(30,31)20-12-10-18(25)11-13-20/h9-15,19H,4-8,16H2,1-3H3,(H,27,29)/b26-15-. The van der Waals surface area contributed by atoms with Crippen molar-refractivity contribution in [2.45, 2.75) is 43.0 Å². The molecule has 0 heterocycles. The van der Waals surface area contributed by atoms with Crippen molar-refractivity contribution >= 4 is 33.7 Å². The Labute approximate surface area is 211 Å². The van der Waals surface area contributed by atoms with Gasteiger partial charge in [-0.2, -0.15) is 9.41 Å². The summed E-state index contributed by atoms with van der Waals surface area (Å²) in [6.45, 7) is -0.351. The van der Waals surface area contributed by atoms with E-state index in [1.165, 1.54) is 56.1 Å². The Morgan fingerprint density at radius 3 is 2.29 bits per heavy atom. The van der Waals surface area contributed by atoms with Gasteiger partial charge in [-0.05, 0) is 49.2 Å². The fourth-order valence-corrected chi connectivity index (χ4v) is 5.87. The van der Waals surface area contributed by atoms with Crippen molar-refractivity contribution in [1.82, 2.24) is 9.73 Å². The summed E-state index contributed by atoms with van der Waals surface area (Å²) < 4.78 is 44.1. The summed E-state index contributed by atoms with van der Waals surface area (Å²) in [5.74, 6) is 0.715. The maximum Gasteiger partial charge on any atom is 0.255 e. The molecule has 2 aromatic rings. The molecule has 11 heteroatoms. The van der Waals surface area contributed by atoms with Crippen molar-refractivity contribution in [3.05, 3.63) is 47.0 Å². The second-order valence-electron chi connectivity index (χ2n) is 8.01. The molecule has 0 atom stereocenters. The summed E-state index contributed by atoms with van der Waals surface area (Å²) in [6.07, 6.45) is 5.68. The van der Waals surface area contributed by atoms with Gasteiger partial charge >= 0.3 is 0 Å². The number of hydrogen-bond acceptors (Lipinski definition) is 7. The topological polar surface area (TPSA) is 107 Å². The Kier molecular flexibility index (Phi) is 9.36. The lowest BCUT2D eigenvalue weighted by Gasteiger charge is -2.32. The number of nitrogens with one attached hydrogen (secondary N) is 1. The molecule has 0 aliphatic heterocycles. The minimum atomic E-state index is -3.91. The minimum absolute atomic E-state index is 0.0961. The maximum absolute atomic E-state index is 13.4. The van der Waals surface area contributed by atoms with Crippen molar-refractivity contribution in [3.63, 3.8) is 0 Å². The van der Waals surface area contributed by atoms with E-state index in [0.717, 1.165) is 19.3 Å². The normalized spacial score (nSPS) is 14.8. The van der Waals surface area contributed by atoms with Gasteiger partial charge in [-0.3, -0.25) is 4.79 Å². The summed E-state index contributed by atoms with van der Waals surface area (Å²) in [5.41, 5.74) is 2.97. The third kappa shape index (κ3) is 6.45. The van der Waals surface area contributed by atoms with Crippen LogP contribution in [0.5, 0.6) is 17.2 Å². The SMILES string of the molecule is COc1ccc(/C=N\NC(=O)CN(C2CCCCC2)S(=O)(=O)c2ccc(Cl)cc2)c(OC)c1OC. The van der Waals surface area contributed by atoms with E-state index in [9.17, 15) is 13.2 Å². The number of amides is 1. The molecule has 0 unspecified atom stereocenters. The van der Waals surface area contributed by atoms with Gasteiger partial charge in [0.1, 0.15) is 0 Å². The van der Waals surface area contributed by atoms with Gasteiger partial charge in [-0.15, -0.1) is 0 Å². The van der Waals surface area contributed by atoms with Gasteiger partial charge in [-0.1, -0.05) is 30.9 Å². The van der Waals surface area contributed by atoms with Crippen LogP contribution in [0.3, 0.4) is 0 Å². The maximum atomic E-state index is 13.4. The summed E-state index contributed by atoms with van der Waals surface area (Å²) in [6, 6.07) is 9.08. The third-order valence-electron chi connectivity index (χ3n) is 5.83. The van der Waals surface area contributed by atoms with Crippen LogP contribution in [-0.4, -0.2) is 58.8 Å². The number of halogens is 1. The monoisotopic (exact) mass is 523 g/mol. The lowest BCUT2D eigenvalue weighted by Crippen LogP contribution is -2.46. The molecule has 1 saturated carbocycles. The van der Waals surface area contributed by atoms with Crippen LogP contribution in [0.4, 0.5) is 0 Å². The van der Waals surface area contributed by atoms with Crippen LogP contribution in [0, 0.1) is 0 Å². The first kappa shape index (κ1) is 26.8. The van der Waals surface area contributed by atoms with E-state index in [0.29, 0.717) is 40.7 Å². The smallest absolute Gasteiger partial charge is 0.255 e. The van der Waals surface area contributed by atoms with Gasteiger partial charge < -0.3 is 14.2 Å². The number of hydrogen-bond donors (Lipinski definition) is 1. The molecule has 35 heavy (non-hydrogen) atoms. The van der Waals surface area contributed by atoms with Crippen molar-refractivity contribution in [2.75, 3.05) is 27.9 Å². The summed E-state index contributed by atoms with van der Waals surface area (Å²) in [5, 5.41) is 4.44. The zero-order valence-electron chi connectivity index (χ0n) is 20.0. The largest absolute Gasteiger partial charge is 0.493 e. The van der Waals surface area contributed by atoms with Gasteiger partial charge in [0.25, 0.3) is 5.91 Å². The Hall–Kier alpha value is -2.82. The highest BCUT2D eigenvalue weighted by Crippen LogP contribution is 2.39. The molecule has 0 saturated heterocycles. The molecular formula is C24H30ClN3O6S. The van der Waals surface area contributed by atoms with Gasteiger partial charge in [0.2, 0.25) is 15.8 Å². The number of methoxy groups -OCH3 is 3. The Bertz CT molecular complexity index is 1150. The molecule has 0 spiro atoms. The van der Waals surface area contributed by atoms with E-state index in [2.05, 4.69) is 10.5 Å². The summed E-state index contributed by atoms with van der Waals surface area (Å²) in [7, 11) is 0.583. The van der Waals surface area contributed by atoms with Crippen LogP contribution in [-0.2, 0) is 14.8 Å². The Morgan fingerprint density at radius 2 is 1.69 bits per heavy atom. The average Bonchev–Trinajstić information content (AvgIpc) is 2.87. The van der Waals surface area contributed by atoms with Gasteiger partial charge in [0, 0.05) is 16.6 Å². The first-order valence-corrected chi connectivity index (χ1v) is 13.0.